The second kappa shape index (κ2) is 7.34. The lowest BCUT2D eigenvalue weighted by atomic mass is 9.79. The number of hydrogen-bond acceptors (Lipinski definition) is 4. The highest BCUT2D eigenvalue weighted by atomic mass is 16.5. The average Bonchev–Trinajstić information content (AvgIpc) is 2.47. The molecule has 1 aromatic heterocycles. The van der Waals surface area contributed by atoms with Crippen molar-refractivity contribution < 1.29 is 4.74 Å². The predicted octanol–water partition coefficient (Wildman–Crippen LogP) is 2.66. The van der Waals surface area contributed by atoms with E-state index in [1.54, 1.807) is 6.20 Å². The van der Waals surface area contributed by atoms with Crippen LogP contribution in [-0.2, 0) is 0 Å². The van der Waals surface area contributed by atoms with Crippen molar-refractivity contribution in [3.8, 4) is 5.75 Å². The van der Waals surface area contributed by atoms with Crippen LogP contribution < -0.4 is 15.8 Å². The van der Waals surface area contributed by atoms with Gasteiger partial charge in [0.2, 0.25) is 0 Å². The fourth-order valence-corrected chi connectivity index (χ4v) is 2.89. The van der Waals surface area contributed by atoms with Crippen LogP contribution in [0, 0.1) is 11.8 Å². The van der Waals surface area contributed by atoms with Crippen LogP contribution in [0.2, 0.25) is 0 Å². The minimum absolute atomic E-state index is 0.653. The van der Waals surface area contributed by atoms with Gasteiger partial charge in [-0.05, 0) is 50.3 Å². The molecule has 2 unspecified atom stereocenters. The van der Waals surface area contributed by atoms with Gasteiger partial charge in [-0.1, -0.05) is 12.8 Å². The van der Waals surface area contributed by atoms with Crippen molar-refractivity contribution in [1.29, 1.82) is 0 Å². The summed E-state index contributed by atoms with van der Waals surface area (Å²) in [5.41, 5.74) is 5.87. The Hall–Kier alpha value is -1.29. The quantitative estimate of drug-likeness (QED) is 0.828. The number of nitrogens with one attached hydrogen (secondary N) is 1. The molecule has 1 fully saturated rings. The summed E-state index contributed by atoms with van der Waals surface area (Å²) >= 11 is 0. The number of ether oxygens (including phenoxy) is 1. The molecule has 0 spiro atoms. The normalized spacial score (nSPS) is 23.1. The fraction of sp³-hybridized carbons (Fsp3) is 0.667. The van der Waals surface area contributed by atoms with Crippen LogP contribution >= 0.6 is 0 Å². The van der Waals surface area contributed by atoms with Crippen LogP contribution in [-0.4, -0.2) is 24.7 Å². The number of hydrogen-bond donors (Lipinski definition) is 2. The molecule has 106 valence electrons. The summed E-state index contributed by atoms with van der Waals surface area (Å²) in [6, 6.07) is 3.86. The highest BCUT2D eigenvalue weighted by Crippen LogP contribution is 2.30. The Morgan fingerprint density at radius 3 is 2.89 bits per heavy atom. The third-order valence-electron chi connectivity index (χ3n) is 3.97. The summed E-state index contributed by atoms with van der Waals surface area (Å²) in [5, 5.41) is 3.44. The Labute approximate surface area is 115 Å². The number of pyridine rings is 1. The van der Waals surface area contributed by atoms with E-state index in [0.717, 1.165) is 24.7 Å². The molecule has 2 rings (SSSR count). The number of aromatic nitrogens is 1. The predicted molar refractivity (Wildman–Crippen MR) is 78.4 cm³/mol. The standard InChI is InChI=1S/C15H25N3O/c1-2-19-14-8-5-9-17-15(14)18-11-13-7-4-3-6-12(13)10-16/h5,8-9,12-13H,2-4,6-7,10-11,16H2,1H3,(H,17,18). The van der Waals surface area contributed by atoms with E-state index >= 15 is 0 Å². The van der Waals surface area contributed by atoms with Gasteiger partial charge in [0.1, 0.15) is 0 Å². The second-order valence-electron chi connectivity index (χ2n) is 5.20. The lowest BCUT2D eigenvalue weighted by Crippen LogP contribution is -2.31. The largest absolute Gasteiger partial charge is 0.490 e. The fourth-order valence-electron chi connectivity index (χ4n) is 2.89. The summed E-state index contributed by atoms with van der Waals surface area (Å²) in [4.78, 5) is 4.37. The van der Waals surface area contributed by atoms with Crippen molar-refractivity contribution in [2.24, 2.45) is 17.6 Å². The molecule has 0 radical (unpaired) electrons. The van der Waals surface area contributed by atoms with Crippen LogP contribution in [0.4, 0.5) is 5.82 Å². The van der Waals surface area contributed by atoms with E-state index in [-0.39, 0.29) is 0 Å². The average molecular weight is 263 g/mol. The molecule has 2 atom stereocenters. The van der Waals surface area contributed by atoms with Crippen molar-refractivity contribution in [3.63, 3.8) is 0 Å². The number of anilines is 1. The van der Waals surface area contributed by atoms with E-state index in [9.17, 15) is 0 Å². The van der Waals surface area contributed by atoms with Crippen LogP contribution in [0.3, 0.4) is 0 Å². The van der Waals surface area contributed by atoms with Crippen molar-refractivity contribution in [2.45, 2.75) is 32.6 Å². The Kier molecular flexibility index (Phi) is 5.45. The molecular weight excluding hydrogens is 238 g/mol. The van der Waals surface area contributed by atoms with E-state index in [0.29, 0.717) is 18.4 Å². The summed E-state index contributed by atoms with van der Waals surface area (Å²) in [6.07, 6.45) is 6.98. The summed E-state index contributed by atoms with van der Waals surface area (Å²) < 4.78 is 5.58. The molecule has 0 aliphatic heterocycles. The van der Waals surface area contributed by atoms with Crippen LogP contribution in [0.15, 0.2) is 18.3 Å². The van der Waals surface area contributed by atoms with Crippen molar-refractivity contribution >= 4 is 5.82 Å². The zero-order chi connectivity index (χ0) is 13.5. The first-order chi connectivity index (χ1) is 9.35. The van der Waals surface area contributed by atoms with Gasteiger partial charge < -0.3 is 15.8 Å². The van der Waals surface area contributed by atoms with Gasteiger partial charge in [0, 0.05) is 12.7 Å². The molecule has 4 nitrogen and oxygen atoms in total. The maximum absolute atomic E-state index is 5.87. The van der Waals surface area contributed by atoms with Crippen LogP contribution in [0.1, 0.15) is 32.6 Å². The molecular formula is C15H25N3O. The monoisotopic (exact) mass is 263 g/mol. The van der Waals surface area contributed by atoms with Crippen LogP contribution in [0.5, 0.6) is 5.75 Å². The molecule has 1 aliphatic rings. The zero-order valence-corrected chi connectivity index (χ0v) is 11.8. The molecule has 1 heterocycles. The van der Waals surface area contributed by atoms with Crippen molar-refractivity contribution in [1.82, 2.24) is 4.98 Å². The Bertz CT molecular complexity index is 383. The third kappa shape index (κ3) is 3.83. The third-order valence-corrected chi connectivity index (χ3v) is 3.97. The molecule has 3 N–H and O–H groups in total. The van der Waals surface area contributed by atoms with E-state index in [4.69, 9.17) is 10.5 Å². The number of rotatable bonds is 6. The smallest absolute Gasteiger partial charge is 0.168 e. The maximum atomic E-state index is 5.87. The lowest BCUT2D eigenvalue weighted by molar-refractivity contribution is 0.254. The SMILES string of the molecule is CCOc1cccnc1NCC1CCCCC1CN. The Morgan fingerprint density at radius 1 is 1.37 bits per heavy atom. The van der Waals surface area contributed by atoms with Gasteiger partial charge in [0.25, 0.3) is 0 Å². The zero-order valence-electron chi connectivity index (χ0n) is 11.8. The number of nitrogens with two attached hydrogens (primary N) is 1. The summed E-state index contributed by atoms with van der Waals surface area (Å²) in [5.74, 6) is 3.01. The van der Waals surface area contributed by atoms with E-state index < -0.39 is 0 Å². The first-order valence-electron chi connectivity index (χ1n) is 7.37. The van der Waals surface area contributed by atoms with Crippen molar-refractivity contribution in [3.05, 3.63) is 18.3 Å². The van der Waals surface area contributed by atoms with Gasteiger partial charge in [-0.2, -0.15) is 0 Å². The summed E-state index contributed by atoms with van der Waals surface area (Å²) in [6.45, 7) is 4.39. The molecule has 0 saturated heterocycles. The maximum Gasteiger partial charge on any atom is 0.168 e. The highest BCUT2D eigenvalue weighted by Gasteiger charge is 2.23. The first kappa shape index (κ1) is 14.1. The minimum Gasteiger partial charge on any atom is -0.490 e. The van der Waals surface area contributed by atoms with Gasteiger partial charge >= 0.3 is 0 Å². The lowest BCUT2D eigenvalue weighted by Gasteiger charge is -2.31. The second-order valence-corrected chi connectivity index (χ2v) is 5.20. The van der Waals surface area contributed by atoms with Gasteiger partial charge in [-0.25, -0.2) is 4.98 Å². The molecule has 4 heteroatoms. The minimum atomic E-state index is 0.653. The molecule has 0 bridgehead atoms. The van der Waals surface area contributed by atoms with Gasteiger partial charge in [-0.15, -0.1) is 0 Å². The first-order valence-corrected chi connectivity index (χ1v) is 7.37. The highest BCUT2D eigenvalue weighted by molar-refractivity contribution is 5.49. The molecule has 1 aliphatic carbocycles. The molecule has 0 aromatic carbocycles. The van der Waals surface area contributed by atoms with Crippen LogP contribution in [0.25, 0.3) is 0 Å². The van der Waals surface area contributed by atoms with E-state index in [1.807, 2.05) is 19.1 Å². The van der Waals surface area contributed by atoms with E-state index in [2.05, 4.69) is 10.3 Å². The van der Waals surface area contributed by atoms with Gasteiger partial charge in [0.15, 0.2) is 11.6 Å². The number of nitrogens with zero attached hydrogens (tertiary/aromatic N) is 1. The molecule has 19 heavy (non-hydrogen) atoms. The topological polar surface area (TPSA) is 60.2 Å². The van der Waals surface area contributed by atoms with Gasteiger partial charge in [-0.3, -0.25) is 0 Å². The van der Waals surface area contributed by atoms with Gasteiger partial charge in [0.05, 0.1) is 6.61 Å². The van der Waals surface area contributed by atoms with E-state index in [1.165, 1.54) is 25.7 Å². The molecule has 1 saturated carbocycles. The Morgan fingerprint density at radius 2 is 2.16 bits per heavy atom. The summed E-state index contributed by atoms with van der Waals surface area (Å²) in [7, 11) is 0. The van der Waals surface area contributed by atoms with Crippen molar-refractivity contribution in [2.75, 3.05) is 25.0 Å². The Balaban J connectivity index is 1.93. The molecule has 1 aromatic rings. The molecule has 0 amide bonds.